The van der Waals surface area contributed by atoms with Crippen LogP contribution in [0.5, 0.6) is 0 Å². The van der Waals surface area contributed by atoms with E-state index >= 15 is 0 Å². The van der Waals surface area contributed by atoms with Crippen molar-refractivity contribution in [2.75, 3.05) is 11.9 Å². The molecule has 1 fully saturated rings. The van der Waals surface area contributed by atoms with Crippen molar-refractivity contribution in [3.63, 3.8) is 0 Å². The van der Waals surface area contributed by atoms with Crippen LogP contribution in [-0.4, -0.2) is 27.3 Å². The van der Waals surface area contributed by atoms with E-state index in [0.29, 0.717) is 23.4 Å². The van der Waals surface area contributed by atoms with Crippen molar-refractivity contribution in [3.8, 4) is 0 Å². The molecule has 1 aliphatic carbocycles. The average Bonchev–Trinajstić information content (AvgIpc) is 3.20. The Bertz CT molecular complexity index is 621. The van der Waals surface area contributed by atoms with Gasteiger partial charge in [0.15, 0.2) is 0 Å². The van der Waals surface area contributed by atoms with E-state index in [1.807, 2.05) is 24.3 Å². The smallest absolute Gasteiger partial charge is 0.321 e. The third-order valence-electron chi connectivity index (χ3n) is 3.27. The minimum absolute atomic E-state index is 0.258. The molecule has 0 bridgehead atoms. The molecule has 0 atom stereocenters. The van der Waals surface area contributed by atoms with E-state index in [-0.39, 0.29) is 6.03 Å². The summed E-state index contributed by atoms with van der Waals surface area (Å²) >= 11 is 5.84. The van der Waals surface area contributed by atoms with Crippen molar-refractivity contribution in [2.24, 2.45) is 5.92 Å². The first kappa shape index (κ1) is 13.9. The topological polar surface area (TPSA) is 71.8 Å². The van der Waals surface area contributed by atoms with E-state index < -0.39 is 0 Å². The van der Waals surface area contributed by atoms with Gasteiger partial charge in [-0.05, 0) is 36.5 Å². The number of hydrogen-bond donors (Lipinski definition) is 2. The summed E-state index contributed by atoms with van der Waals surface area (Å²) in [5, 5.41) is 10.3. The number of carbonyl (C=O) groups excluding carboxylic acids is 1. The van der Waals surface area contributed by atoms with Crippen molar-refractivity contribution in [3.05, 3.63) is 41.2 Å². The zero-order valence-electron chi connectivity index (χ0n) is 11.4. The van der Waals surface area contributed by atoms with Crippen molar-refractivity contribution in [1.82, 2.24) is 20.1 Å². The number of aromatic nitrogens is 3. The number of benzene rings is 1. The number of anilines is 1. The quantitative estimate of drug-likeness (QED) is 0.891. The number of urea groups is 1. The molecule has 1 aromatic heterocycles. The van der Waals surface area contributed by atoms with Crippen molar-refractivity contribution < 1.29 is 4.79 Å². The maximum absolute atomic E-state index is 11.6. The van der Waals surface area contributed by atoms with E-state index in [1.54, 1.807) is 11.0 Å². The maximum Gasteiger partial charge on any atom is 0.321 e. The lowest BCUT2D eigenvalue weighted by atomic mass is 10.2. The SMILES string of the molecule is O=C(NCC1CC1)Nc1ncn(Cc2ccc(Cl)cc2)n1. The molecular weight excluding hydrogens is 290 g/mol. The van der Waals surface area contributed by atoms with Crippen LogP contribution in [0.4, 0.5) is 10.7 Å². The molecule has 1 aromatic carbocycles. The van der Waals surface area contributed by atoms with Gasteiger partial charge in [-0.1, -0.05) is 23.7 Å². The Morgan fingerprint density at radius 2 is 2.10 bits per heavy atom. The van der Waals surface area contributed by atoms with Gasteiger partial charge in [0.2, 0.25) is 5.95 Å². The normalized spacial score (nSPS) is 14.0. The van der Waals surface area contributed by atoms with E-state index in [4.69, 9.17) is 11.6 Å². The molecule has 3 rings (SSSR count). The van der Waals surface area contributed by atoms with Crippen LogP contribution in [0, 0.1) is 5.92 Å². The largest absolute Gasteiger partial charge is 0.338 e. The van der Waals surface area contributed by atoms with Gasteiger partial charge in [-0.2, -0.15) is 0 Å². The molecule has 1 heterocycles. The molecule has 2 N–H and O–H groups in total. The van der Waals surface area contributed by atoms with Gasteiger partial charge in [0.05, 0.1) is 6.54 Å². The molecular formula is C14H16ClN5O. The molecule has 0 radical (unpaired) electrons. The summed E-state index contributed by atoms with van der Waals surface area (Å²) in [5.41, 5.74) is 1.06. The maximum atomic E-state index is 11.6. The lowest BCUT2D eigenvalue weighted by molar-refractivity contribution is 0.251. The molecule has 1 aliphatic rings. The van der Waals surface area contributed by atoms with E-state index in [1.165, 1.54) is 12.8 Å². The third-order valence-corrected chi connectivity index (χ3v) is 3.52. The van der Waals surface area contributed by atoms with Crippen LogP contribution in [0.1, 0.15) is 18.4 Å². The Hall–Kier alpha value is -2.08. The minimum Gasteiger partial charge on any atom is -0.338 e. The van der Waals surface area contributed by atoms with Crippen LogP contribution >= 0.6 is 11.6 Å². The number of halogens is 1. The molecule has 110 valence electrons. The summed E-state index contributed by atoms with van der Waals surface area (Å²) in [6, 6.07) is 7.27. The van der Waals surface area contributed by atoms with Crippen molar-refractivity contribution in [1.29, 1.82) is 0 Å². The lowest BCUT2D eigenvalue weighted by Gasteiger charge is -2.03. The highest BCUT2D eigenvalue weighted by Crippen LogP contribution is 2.27. The monoisotopic (exact) mass is 305 g/mol. The van der Waals surface area contributed by atoms with E-state index in [0.717, 1.165) is 12.1 Å². The number of hydrogen-bond acceptors (Lipinski definition) is 3. The van der Waals surface area contributed by atoms with Gasteiger partial charge < -0.3 is 5.32 Å². The minimum atomic E-state index is -0.258. The van der Waals surface area contributed by atoms with E-state index in [9.17, 15) is 4.79 Å². The fourth-order valence-electron chi connectivity index (χ4n) is 1.91. The Morgan fingerprint density at radius 3 is 2.81 bits per heavy atom. The summed E-state index contributed by atoms with van der Waals surface area (Å²) in [6.45, 7) is 1.30. The second kappa shape index (κ2) is 6.13. The molecule has 0 spiro atoms. The number of nitrogens with one attached hydrogen (secondary N) is 2. The second-order valence-corrected chi connectivity index (χ2v) is 5.61. The lowest BCUT2D eigenvalue weighted by Crippen LogP contribution is -2.30. The summed E-state index contributed by atoms with van der Waals surface area (Å²) in [5.74, 6) is 0.948. The zero-order valence-corrected chi connectivity index (χ0v) is 12.2. The molecule has 0 unspecified atom stereocenters. The number of rotatable bonds is 5. The summed E-state index contributed by atoms with van der Waals surface area (Å²) < 4.78 is 1.67. The molecule has 1 saturated carbocycles. The predicted octanol–water partition coefficient (Wildman–Crippen LogP) is 2.51. The van der Waals surface area contributed by atoms with Gasteiger partial charge in [-0.25, -0.2) is 14.5 Å². The molecule has 6 nitrogen and oxygen atoms in total. The first-order valence-corrected chi connectivity index (χ1v) is 7.25. The van der Waals surface area contributed by atoms with E-state index in [2.05, 4.69) is 20.7 Å². The van der Waals surface area contributed by atoms with Crippen LogP contribution < -0.4 is 10.6 Å². The molecule has 21 heavy (non-hydrogen) atoms. The van der Waals surface area contributed by atoms with Crippen LogP contribution in [0.2, 0.25) is 5.02 Å². The van der Waals surface area contributed by atoms with Crippen LogP contribution in [0.3, 0.4) is 0 Å². The fraction of sp³-hybridized carbons (Fsp3) is 0.357. The zero-order chi connectivity index (χ0) is 14.7. The number of nitrogens with zero attached hydrogens (tertiary/aromatic N) is 3. The van der Waals surface area contributed by atoms with Gasteiger partial charge in [0, 0.05) is 11.6 Å². The van der Waals surface area contributed by atoms with Crippen LogP contribution in [0.25, 0.3) is 0 Å². The molecule has 7 heteroatoms. The highest BCUT2D eigenvalue weighted by molar-refractivity contribution is 6.30. The summed E-state index contributed by atoms with van der Waals surface area (Å²) in [6.07, 6.45) is 3.99. The van der Waals surface area contributed by atoms with Gasteiger partial charge in [0.25, 0.3) is 0 Å². The van der Waals surface area contributed by atoms with Gasteiger partial charge in [0.1, 0.15) is 6.33 Å². The third kappa shape index (κ3) is 4.19. The molecule has 2 amide bonds. The summed E-state index contributed by atoms with van der Waals surface area (Å²) in [7, 11) is 0. The first-order chi connectivity index (χ1) is 10.2. The standard InChI is InChI=1S/C14H16ClN5O/c15-12-5-3-11(4-6-12)8-20-9-17-13(19-20)18-14(21)16-7-10-1-2-10/h3-6,9-10H,1-2,7-8H2,(H2,16,18,19,21). The van der Waals surface area contributed by atoms with Crippen LogP contribution in [0.15, 0.2) is 30.6 Å². The average molecular weight is 306 g/mol. The molecule has 2 aromatic rings. The van der Waals surface area contributed by atoms with Crippen molar-refractivity contribution in [2.45, 2.75) is 19.4 Å². The Labute approximate surface area is 127 Å². The second-order valence-electron chi connectivity index (χ2n) is 5.17. The number of amides is 2. The highest BCUT2D eigenvalue weighted by Gasteiger charge is 2.21. The first-order valence-electron chi connectivity index (χ1n) is 6.88. The number of carbonyl (C=O) groups is 1. The fourth-order valence-corrected chi connectivity index (χ4v) is 2.04. The van der Waals surface area contributed by atoms with Crippen LogP contribution in [-0.2, 0) is 6.54 Å². The Morgan fingerprint density at radius 1 is 1.33 bits per heavy atom. The molecule has 0 aliphatic heterocycles. The van der Waals surface area contributed by atoms with Gasteiger partial charge in [-0.3, -0.25) is 5.32 Å². The highest BCUT2D eigenvalue weighted by atomic mass is 35.5. The van der Waals surface area contributed by atoms with Crippen molar-refractivity contribution >= 4 is 23.6 Å². The van der Waals surface area contributed by atoms with Gasteiger partial charge >= 0.3 is 6.03 Å². The Balaban J connectivity index is 1.52. The predicted molar refractivity (Wildman–Crippen MR) is 80.3 cm³/mol. The molecule has 0 saturated heterocycles. The van der Waals surface area contributed by atoms with Gasteiger partial charge in [-0.15, -0.1) is 5.10 Å². The Kier molecular flexibility index (Phi) is 4.06. The summed E-state index contributed by atoms with van der Waals surface area (Å²) in [4.78, 5) is 15.7.